The summed E-state index contributed by atoms with van der Waals surface area (Å²) in [6, 6.07) is 18.5. The standard InChI is InChI=1S/C24H26N4O/c1-4-29-20-12-10-19(11-13-20)28-15-21(18-8-6-5-7-9-18)22-23(25-14-17(2)3)26-16-27-24(22)28/h5-13,15-17H,4,14H2,1-3H3,(H,25,26,27). The van der Waals surface area contributed by atoms with Crippen molar-refractivity contribution in [3.63, 3.8) is 0 Å². The fourth-order valence-corrected chi connectivity index (χ4v) is 3.40. The van der Waals surface area contributed by atoms with Crippen molar-refractivity contribution in [3.8, 4) is 22.6 Å². The molecule has 0 aliphatic rings. The monoisotopic (exact) mass is 386 g/mol. The van der Waals surface area contributed by atoms with Crippen LogP contribution in [0.25, 0.3) is 27.8 Å². The van der Waals surface area contributed by atoms with E-state index in [-0.39, 0.29) is 0 Å². The Hall–Kier alpha value is -3.34. The Morgan fingerprint density at radius 1 is 1.00 bits per heavy atom. The Balaban J connectivity index is 1.88. The summed E-state index contributed by atoms with van der Waals surface area (Å²) in [7, 11) is 0. The number of hydrogen-bond acceptors (Lipinski definition) is 4. The van der Waals surface area contributed by atoms with Crippen LogP contribution in [0.5, 0.6) is 5.75 Å². The molecule has 4 aromatic rings. The maximum absolute atomic E-state index is 5.59. The molecule has 5 heteroatoms. The van der Waals surface area contributed by atoms with Gasteiger partial charge in [-0.15, -0.1) is 0 Å². The van der Waals surface area contributed by atoms with Gasteiger partial charge in [-0.3, -0.25) is 0 Å². The highest BCUT2D eigenvalue weighted by molar-refractivity contribution is 6.02. The normalized spacial score (nSPS) is 11.2. The van der Waals surface area contributed by atoms with Gasteiger partial charge in [-0.05, 0) is 42.7 Å². The van der Waals surface area contributed by atoms with Crippen molar-refractivity contribution < 1.29 is 4.74 Å². The zero-order chi connectivity index (χ0) is 20.2. The van der Waals surface area contributed by atoms with Crippen LogP contribution in [0, 0.1) is 5.92 Å². The summed E-state index contributed by atoms with van der Waals surface area (Å²) >= 11 is 0. The third-order valence-corrected chi connectivity index (χ3v) is 4.77. The summed E-state index contributed by atoms with van der Waals surface area (Å²) in [5.74, 6) is 2.26. The van der Waals surface area contributed by atoms with Crippen LogP contribution in [0.2, 0.25) is 0 Å². The molecule has 0 spiro atoms. The predicted octanol–water partition coefficient (Wildman–Crippen LogP) is 5.55. The Morgan fingerprint density at radius 2 is 1.76 bits per heavy atom. The number of fused-ring (bicyclic) bond motifs is 1. The summed E-state index contributed by atoms with van der Waals surface area (Å²) in [6.45, 7) is 7.88. The van der Waals surface area contributed by atoms with Crippen LogP contribution >= 0.6 is 0 Å². The molecule has 5 nitrogen and oxygen atoms in total. The third kappa shape index (κ3) is 3.94. The van der Waals surface area contributed by atoms with E-state index in [0.29, 0.717) is 12.5 Å². The molecule has 148 valence electrons. The number of nitrogens with zero attached hydrogens (tertiary/aromatic N) is 3. The lowest BCUT2D eigenvalue weighted by atomic mass is 10.1. The second kappa shape index (κ2) is 8.35. The van der Waals surface area contributed by atoms with Gasteiger partial charge >= 0.3 is 0 Å². The first-order valence-electron chi connectivity index (χ1n) is 10.1. The Bertz CT molecular complexity index is 1090. The molecule has 0 bridgehead atoms. The minimum Gasteiger partial charge on any atom is -0.494 e. The maximum atomic E-state index is 5.59. The van der Waals surface area contributed by atoms with Gasteiger partial charge in [-0.25, -0.2) is 9.97 Å². The van der Waals surface area contributed by atoms with Crippen LogP contribution in [0.4, 0.5) is 5.82 Å². The molecule has 29 heavy (non-hydrogen) atoms. The average molecular weight is 386 g/mol. The molecule has 0 aliphatic heterocycles. The van der Waals surface area contributed by atoms with Crippen molar-refractivity contribution in [1.82, 2.24) is 14.5 Å². The third-order valence-electron chi connectivity index (χ3n) is 4.77. The van der Waals surface area contributed by atoms with Gasteiger partial charge in [0.1, 0.15) is 17.9 Å². The molecule has 0 atom stereocenters. The lowest BCUT2D eigenvalue weighted by molar-refractivity contribution is 0.340. The lowest BCUT2D eigenvalue weighted by Gasteiger charge is -2.10. The zero-order valence-electron chi connectivity index (χ0n) is 17.1. The van der Waals surface area contributed by atoms with E-state index in [4.69, 9.17) is 4.74 Å². The molecule has 2 heterocycles. The van der Waals surface area contributed by atoms with Crippen molar-refractivity contribution in [2.75, 3.05) is 18.5 Å². The first kappa shape index (κ1) is 19.0. The number of anilines is 1. The molecule has 2 aromatic heterocycles. The second-order valence-electron chi connectivity index (χ2n) is 7.40. The van der Waals surface area contributed by atoms with Gasteiger partial charge in [0.25, 0.3) is 0 Å². The van der Waals surface area contributed by atoms with Crippen LogP contribution < -0.4 is 10.1 Å². The molecule has 0 amide bonds. The Morgan fingerprint density at radius 3 is 2.45 bits per heavy atom. The first-order chi connectivity index (χ1) is 14.2. The van der Waals surface area contributed by atoms with Crippen LogP contribution in [0.1, 0.15) is 20.8 Å². The van der Waals surface area contributed by atoms with Gasteiger partial charge in [-0.2, -0.15) is 0 Å². The van der Waals surface area contributed by atoms with Crippen molar-refractivity contribution >= 4 is 16.9 Å². The topological polar surface area (TPSA) is 52.0 Å². The molecule has 0 radical (unpaired) electrons. The highest BCUT2D eigenvalue weighted by atomic mass is 16.5. The smallest absolute Gasteiger partial charge is 0.150 e. The maximum Gasteiger partial charge on any atom is 0.150 e. The van der Waals surface area contributed by atoms with Gasteiger partial charge < -0.3 is 14.6 Å². The number of benzene rings is 2. The molecule has 0 aliphatic carbocycles. The van der Waals surface area contributed by atoms with Crippen LogP contribution in [0.3, 0.4) is 0 Å². The van der Waals surface area contributed by atoms with E-state index >= 15 is 0 Å². The van der Waals surface area contributed by atoms with Crippen LogP contribution in [-0.4, -0.2) is 27.7 Å². The molecular formula is C24H26N4O. The summed E-state index contributed by atoms with van der Waals surface area (Å²) < 4.78 is 7.71. The van der Waals surface area contributed by atoms with Crippen LogP contribution in [0.15, 0.2) is 67.1 Å². The van der Waals surface area contributed by atoms with Crippen molar-refractivity contribution in [3.05, 3.63) is 67.1 Å². The van der Waals surface area contributed by atoms with E-state index in [1.54, 1.807) is 6.33 Å². The second-order valence-corrected chi connectivity index (χ2v) is 7.40. The Kier molecular flexibility index (Phi) is 5.47. The predicted molar refractivity (Wildman–Crippen MR) is 119 cm³/mol. The van der Waals surface area contributed by atoms with Crippen molar-refractivity contribution in [2.24, 2.45) is 5.92 Å². The van der Waals surface area contributed by atoms with Gasteiger partial charge in [0.2, 0.25) is 0 Å². The summed E-state index contributed by atoms with van der Waals surface area (Å²) in [5, 5.41) is 4.54. The van der Waals surface area contributed by atoms with E-state index in [2.05, 4.69) is 76.3 Å². The Labute approximate surface area is 171 Å². The molecule has 0 fully saturated rings. The van der Waals surface area contributed by atoms with Gasteiger partial charge in [0, 0.05) is 24.0 Å². The van der Waals surface area contributed by atoms with Gasteiger partial charge in [0.15, 0.2) is 5.65 Å². The molecular weight excluding hydrogens is 360 g/mol. The molecule has 1 N–H and O–H groups in total. The minimum absolute atomic E-state index is 0.522. The molecule has 2 aromatic carbocycles. The van der Waals surface area contributed by atoms with Crippen LogP contribution in [-0.2, 0) is 0 Å². The highest BCUT2D eigenvalue weighted by Crippen LogP contribution is 2.35. The fourth-order valence-electron chi connectivity index (χ4n) is 3.40. The lowest BCUT2D eigenvalue weighted by Crippen LogP contribution is -2.09. The van der Waals surface area contributed by atoms with Gasteiger partial charge in [-0.1, -0.05) is 44.2 Å². The summed E-state index contributed by atoms with van der Waals surface area (Å²) in [5.41, 5.74) is 4.18. The van der Waals surface area contributed by atoms with E-state index < -0.39 is 0 Å². The molecule has 0 saturated heterocycles. The van der Waals surface area contributed by atoms with E-state index in [0.717, 1.165) is 46.0 Å². The van der Waals surface area contributed by atoms with Crippen molar-refractivity contribution in [2.45, 2.75) is 20.8 Å². The fraction of sp³-hybridized carbons (Fsp3) is 0.250. The number of nitrogens with one attached hydrogen (secondary N) is 1. The van der Waals surface area contributed by atoms with E-state index in [9.17, 15) is 0 Å². The largest absolute Gasteiger partial charge is 0.494 e. The van der Waals surface area contributed by atoms with E-state index in [1.807, 2.05) is 25.1 Å². The zero-order valence-corrected chi connectivity index (χ0v) is 17.1. The number of aromatic nitrogens is 3. The number of rotatable bonds is 7. The average Bonchev–Trinajstić information content (AvgIpc) is 3.14. The minimum atomic E-state index is 0.522. The SMILES string of the molecule is CCOc1ccc(-n2cc(-c3ccccc3)c3c(NCC(C)C)ncnc32)cc1. The van der Waals surface area contributed by atoms with Gasteiger partial charge in [0.05, 0.1) is 12.0 Å². The molecule has 4 rings (SSSR count). The summed E-state index contributed by atoms with van der Waals surface area (Å²) in [4.78, 5) is 9.19. The molecule has 0 saturated carbocycles. The first-order valence-corrected chi connectivity index (χ1v) is 10.1. The van der Waals surface area contributed by atoms with E-state index in [1.165, 1.54) is 0 Å². The number of hydrogen-bond donors (Lipinski definition) is 1. The highest BCUT2D eigenvalue weighted by Gasteiger charge is 2.17. The summed E-state index contributed by atoms with van der Waals surface area (Å²) in [6.07, 6.45) is 3.77. The molecule has 0 unspecified atom stereocenters. The quantitative estimate of drug-likeness (QED) is 0.452. The van der Waals surface area contributed by atoms with Crippen molar-refractivity contribution in [1.29, 1.82) is 0 Å². The number of ether oxygens (including phenoxy) is 1.